The van der Waals surface area contributed by atoms with E-state index in [9.17, 15) is 23.2 Å². The molecule has 10 nitrogen and oxygen atoms in total. The van der Waals surface area contributed by atoms with Crippen LogP contribution >= 0.6 is 0 Å². The van der Waals surface area contributed by atoms with Crippen molar-refractivity contribution in [3.05, 3.63) is 35.4 Å². The molecular formula is C26H37N3O7S. The molecule has 3 aliphatic rings. The van der Waals surface area contributed by atoms with E-state index in [1.165, 1.54) is 16.0 Å². The van der Waals surface area contributed by atoms with Gasteiger partial charge in [0.25, 0.3) is 5.91 Å². The summed E-state index contributed by atoms with van der Waals surface area (Å²) in [5, 5.41) is 9.58. The summed E-state index contributed by atoms with van der Waals surface area (Å²) in [6.07, 6.45) is 2.37. The Bertz CT molecular complexity index is 1120. The van der Waals surface area contributed by atoms with Crippen LogP contribution in [0.4, 0.5) is 4.79 Å². The number of hydroxylamine groups is 1. The zero-order valence-corrected chi connectivity index (χ0v) is 22.4. The van der Waals surface area contributed by atoms with Crippen LogP contribution in [0.25, 0.3) is 0 Å². The summed E-state index contributed by atoms with van der Waals surface area (Å²) in [5.41, 5.74) is 2.10. The molecule has 1 aromatic carbocycles. The average Bonchev–Trinajstić information content (AvgIpc) is 2.89. The topological polar surface area (TPSA) is 125 Å². The molecule has 3 saturated heterocycles. The van der Waals surface area contributed by atoms with Gasteiger partial charge in [0.1, 0.15) is 16.0 Å². The lowest BCUT2D eigenvalue weighted by Gasteiger charge is -2.44. The maximum Gasteiger partial charge on any atom is 0.410 e. The van der Waals surface area contributed by atoms with Crippen LogP contribution in [0.1, 0.15) is 62.5 Å². The molecule has 4 rings (SSSR count). The molecule has 204 valence electrons. The minimum absolute atomic E-state index is 0.00769. The Morgan fingerprint density at radius 1 is 1.03 bits per heavy atom. The van der Waals surface area contributed by atoms with Crippen LogP contribution in [0.15, 0.2) is 24.3 Å². The zero-order valence-electron chi connectivity index (χ0n) is 21.6. The highest BCUT2D eigenvalue weighted by Gasteiger charge is 2.50. The summed E-state index contributed by atoms with van der Waals surface area (Å²) < 4.78 is 36.3. The largest absolute Gasteiger partial charge is 0.443 e. The van der Waals surface area contributed by atoms with E-state index < -0.39 is 33.3 Å². The highest BCUT2D eigenvalue weighted by Crippen LogP contribution is 2.38. The first-order valence-corrected chi connectivity index (χ1v) is 14.0. The second-order valence-corrected chi connectivity index (χ2v) is 11.5. The molecule has 0 bridgehead atoms. The molecule has 3 aliphatic heterocycles. The van der Waals surface area contributed by atoms with Gasteiger partial charge < -0.3 is 14.4 Å². The van der Waals surface area contributed by atoms with Gasteiger partial charge in [0.2, 0.25) is 10.3 Å². The molecule has 0 aliphatic carbocycles. The van der Waals surface area contributed by atoms with Gasteiger partial charge in [-0.2, -0.15) is 8.42 Å². The minimum atomic E-state index is -2.68. The Kier molecular flexibility index (Phi) is 8.57. The predicted octanol–water partition coefficient (Wildman–Crippen LogP) is 2.48. The normalized spacial score (nSPS) is 22.2. The second-order valence-electron chi connectivity index (χ2n) is 10.6. The SMILES string of the molecule is Cc1ccccc1C1CCN(C(=S(=O)=O)C2(C(=O)NO)CCN(C(=O)OC3(C)CCOCC3)CC2)CC1. The van der Waals surface area contributed by atoms with Crippen LogP contribution in [0.2, 0.25) is 0 Å². The van der Waals surface area contributed by atoms with Gasteiger partial charge in [-0.3, -0.25) is 14.9 Å². The molecule has 0 aromatic heterocycles. The number of ether oxygens (including phenoxy) is 2. The standard InChI is InChI=1S/C26H37N3O7S/c1-19-5-3-4-6-21(19)20-7-13-28(14-8-20)23(37(33)34)26(22(30)27-32)9-15-29(16-10-26)24(31)36-25(2)11-17-35-18-12-25/h3-6,20,32H,7-18H2,1-2H3,(H,27,30). The van der Waals surface area contributed by atoms with Crippen LogP contribution in [-0.4, -0.2) is 85.4 Å². The second kappa shape index (κ2) is 11.5. The van der Waals surface area contributed by atoms with Crippen LogP contribution in [-0.2, 0) is 24.6 Å². The zero-order chi connectivity index (χ0) is 26.6. The summed E-state index contributed by atoms with van der Waals surface area (Å²) in [4.78, 5) is 29.2. The van der Waals surface area contributed by atoms with E-state index in [0.29, 0.717) is 45.1 Å². The molecular weight excluding hydrogens is 498 g/mol. The Morgan fingerprint density at radius 3 is 2.22 bits per heavy atom. The van der Waals surface area contributed by atoms with Gasteiger partial charge in [0, 0.05) is 39.0 Å². The van der Waals surface area contributed by atoms with Gasteiger partial charge in [-0.15, -0.1) is 0 Å². The van der Waals surface area contributed by atoms with Gasteiger partial charge in [0.05, 0.1) is 13.2 Å². The number of aryl methyl sites for hydroxylation is 1. The number of nitrogens with one attached hydrogen (secondary N) is 1. The van der Waals surface area contributed by atoms with Crippen LogP contribution in [0, 0.1) is 12.3 Å². The molecule has 0 atom stereocenters. The van der Waals surface area contributed by atoms with Crippen molar-refractivity contribution in [2.24, 2.45) is 5.41 Å². The molecule has 11 heteroatoms. The lowest BCUT2D eigenvalue weighted by Crippen LogP contribution is -2.59. The molecule has 0 spiro atoms. The smallest absolute Gasteiger partial charge is 0.410 e. The summed E-state index contributed by atoms with van der Waals surface area (Å²) in [7, 11) is -2.68. The van der Waals surface area contributed by atoms with Gasteiger partial charge in [-0.05, 0) is 56.6 Å². The Hall–Kier alpha value is -2.47. The van der Waals surface area contributed by atoms with E-state index in [0.717, 1.165) is 12.8 Å². The number of carbonyl (C=O) groups is 2. The number of likely N-dealkylation sites (tertiary alicyclic amines) is 2. The number of amides is 2. The van der Waals surface area contributed by atoms with E-state index in [-0.39, 0.29) is 30.9 Å². The quantitative estimate of drug-likeness (QED) is 0.342. The number of piperidine rings is 2. The fourth-order valence-electron chi connectivity index (χ4n) is 5.90. The fraction of sp³-hybridized carbons (Fsp3) is 0.654. The van der Waals surface area contributed by atoms with Crippen molar-refractivity contribution in [3.63, 3.8) is 0 Å². The Labute approximate surface area is 219 Å². The number of hydrogen-bond donors (Lipinski definition) is 2. The maximum atomic E-state index is 13.0. The van der Waals surface area contributed by atoms with Crippen molar-refractivity contribution in [1.82, 2.24) is 15.3 Å². The lowest BCUT2D eigenvalue weighted by molar-refractivity contribution is -0.138. The highest BCUT2D eigenvalue weighted by molar-refractivity contribution is 7.73. The predicted molar refractivity (Wildman–Crippen MR) is 137 cm³/mol. The van der Waals surface area contributed by atoms with E-state index in [2.05, 4.69) is 19.1 Å². The minimum Gasteiger partial charge on any atom is -0.443 e. The number of carbonyl (C=O) groups excluding carboxylic acids is 2. The van der Waals surface area contributed by atoms with E-state index in [1.54, 1.807) is 10.4 Å². The summed E-state index contributed by atoms with van der Waals surface area (Å²) in [6.45, 7) is 6.25. The third kappa shape index (κ3) is 5.84. The van der Waals surface area contributed by atoms with Gasteiger partial charge in [-0.25, -0.2) is 10.3 Å². The van der Waals surface area contributed by atoms with Crippen molar-refractivity contribution in [2.75, 3.05) is 39.4 Å². The molecule has 3 heterocycles. The number of hydrogen-bond acceptors (Lipinski definition) is 7. The van der Waals surface area contributed by atoms with E-state index in [1.807, 2.05) is 19.1 Å². The first kappa shape index (κ1) is 27.6. The van der Waals surface area contributed by atoms with Crippen molar-refractivity contribution in [1.29, 1.82) is 0 Å². The molecule has 2 N–H and O–H groups in total. The van der Waals surface area contributed by atoms with E-state index in [4.69, 9.17) is 9.47 Å². The Balaban J connectivity index is 1.48. The molecule has 2 amide bonds. The molecule has 3 fully saturated rings. The lowest BCUT2D eigenvalue weighted by atomic mass is 9.76. The molecule has 1 aromatic rings. The van der Waals surface area contributed by atoms with Gasteiger partial charge in [-0.1, -0.05) is 24.3 Å². The van der Waals surface area contributed by atoms with Crippen LogP contribution in [0.5, 0.6) is 0 Å². The number of nitrogens with zero attached hydrogens (tertiary/aromatic N) is 2. The molecule has 0 saturated carbocycles. The third-order valence-electron chi connectivity index (χ3n) is 8.27. The fourth-order valence-corrected chi connectivity index (χ4v) is 6.91. The van der Waals surface area contributed by atoms with Gasteiger partial charge in [0.15, 0.2) is 0 Å². The first-order chi connectivity index (χ1) is 17.7. The van der Waals surface area contributed by atoms with Crippen LogP contribution in [0.3, 0.4) is 0 Å². The van der Waals surface area contributed by atoms with Crippen molar-refractivity contribution >= 4 is 27.3 Å². The van der Waals surface area contributed by atoms with Crippen molar-refractivity contribution in [2.45, 2.75) is 63.9 Å². The molecule has 0 unspecified atom stereocenters. The summed E-state index contributed by atoms with van der Waals surface area (Å²) in [5.74, 6) is -0.457. The van der Waals surface area contributed by atoms with E-state index >= 15 is 0 Å². The third-order valence-corrected chi connectivity index (χ3v) is 9.24. The number of rotatable bonds is 4. The Morgan fingerprint density at radius 2 is 1.65 bits per heavy atom. The summed E-state index contributed by atoms with van der Waals surface area (Å²) in [6, 6.07) is 8.21. The van der Waals surface area contributed by atoms with Gasteiger partial charge >= 0.3 is 6.09 Å². The maximum absolute atomic E-state index is 13.0. The highest BCUT2D eigenvalue weighted by atomic mass is 32.2. The first-order valence-electron chi connectivity index (χ1n) is 13.0. The van der Waals surface area contributed by atoms with Crippen molar-refractivity contribution in [3.8, 4) is 0 Å². The average molecular weight is 536 g/mol. The van der Waals surface area contributed by atoms with Crippen molar-refractivity contribution < 1.29 is 32.7 Å². The van der Waals surface area contributed by atoms with Crippen LogP contribution < -0.4 is 5.48 Å². The molecule has 0 radical (unpaired) electrons. The summed E-state index contributed by atoms with van der Waals surface area (Å²) >= 11 is 0. The monoisotopic (exact) mass is 535 g/mol. The number of benzene rings is 1. The molecule has 37 heavy (non-hydrogen) atoms.